The number of rotatable bonds is 7. The first-order valence-electron chi connectivity index (χ1n) is 5.55. The molecule has 1 atom stereocenters. The fourth-order valence-electron chi connectivity index (χ4n) is 1.65. The van der Waals surface area contributed by atoms with Gasteiger partial charge in [0.1, 0.15) is 0 Å². The lowest BCUT2D eigenvalue weighted by atomic mass is 10.0. The predicted molar refractivity (Wildman–Crippen MR) is 70.7 cm³/mol. The van der Waals surface area contributed by atoms with Crippen molar-refractivity contribution in [3.8, 4) is 0 Å². The average molecular weight is 247 g/mol. The van der Waals surface area contributed by atoms with E-state index in [0.29, 0.717) is 12.5 Å². The number of thioether (sulfide) groups is 1. The molecule has 0 aromatic heterocycles. The van der Waals surface area contributed by atoms with Gasteiger partial charge in [-0.05, 0) is 36.7 Å². The fourth-order valence-corrected chi connectivity index (χ4v) is 2.80. The van der Waals surface area contributed by atoms with Crippen LogP contribution in [0.25, 0.3) is 0 Å². The lowest BCUT2D eigenvalue weighted by molar-refractivity contribution is -0.122. The molecule has 2 nitrogen and oxygen atoms in total. The molecule has 0 aromatic rings. The van der Waals surface area contributed by atoms with E-state index in [-0.39, 0.29) is 11.3 Å². The second-order valence-electron chi connectivity index (χ2n) is 4.46. The molecule has 1 N–H and O–H groups in total. The molecule has 1 aliphatic carbocycles. The Kier molecular flexibility index (Phi) is 5.33. The van der Waals surface area contributed by atoms with Gasteiger partial charge in [0.25, 0.3) is 0 Å². The first-order valence-corrected chi connectivity index (χ1v) is 7.57. The molecule has 4 heteroatoms. The molecular weight excluding hydrogens is 226 g/mol. The summed E-state index contributed by atoms with van der Waals surface area (Å²) >= 11 is 6.09. The Bertz CT molecular complexity index is 217. The van der Waals surface area contributed by atoms with Crippen molar-refractivity contribution in [3.63, 3.8) is 0 Å². The van der Waals surface area contributed by atoms with Gasteiger partial charge in [-0.15, -0.1) is 0 Å². The molecule has 0 bridgehead atoms. The van der Waals surface area contributed by atoms with E-state index >= 15 is 0 Å². The third-order valence-corrected chi connectivity index (χ3v) is 4.46. The zero-order chi connectivity index (χ0) is 11.3. The maximum absolute atomic E-state index is 11.7. The van der Waals surface area contributed by atoms with Crippen LogP contribution in [0, 0.1) is 5.41 Å². The third-order valence-electron chi connectivity index (χ3n) is 3.05. The van der Waals surface area contributed by atoms with Crippen molar-refractivity contribution in [2.75, 3.05) is 17.8 Å². The van der Waals surface area contributed by atoms with E-state index < -0.39 is 0 Å². The lowest BCUT2D eigenvalue weighted by Crippen LogP contribution is -2.37. The normalized spacial score (nSPS) is 19.7. The number of hydrogen-bond acceptors (Lipinski definition) is 3. The molecular formula is C11H21NOS2. The largest absolute Gasteiger partial charge is 0.353 e. The SMILES string of the molecule is CCC(CSC)NC(=O)CC1(CS)CC1. The minimum Gasteiger partial charge on any atom is -0.353 e. The van der Waals surface area contributed by atoms with Crippen molar-refractivity contribution in [2.24, 2.45) is 5.41 Å². The predicted octanol–water partition coefficient (Wildman–Crippen LogP) is 2.34. The molecule has 0 heterocycles. The molecule has 0 radical (unpaired) electrons. The van der Waals surface area contributed by atoms with Crippen LogP contribution in [0.2, 0.25) is 0 Å². The quantitative estimate of drug-likeness (QED) is 0.676. The smallest absolute Gasteiger partial charge is 0.220 e. The van der Waals surface area contributed by atoms with Gasteiger partial charge in [0, 0.05) is 18.2 Å². The van der Waals surface area contributed by atoms with Gasteiger partial charge in [0.05, 0.1) is 0 Å². The van der Waals surface area contributed by atoms with Crippen LogP contribution < -0.4 is 5.32 Å². The van der Waals surface area contributed by atoms with E-state index in [1.54, 1.807) is 11.8 Å². The van der Waals surface area contributed by atoms with Crippen molar-refractivity contribution >= 4 is 30.3 Å². The molecule has 0 spiro atoms. The van der Waals surface area contributed by atoms with E-state index in [1.165, 1.54) is 12.8 Å². The summed E-state index contributed by atoms with van der Waals surface area (Å²) in [7, 11) is 0. The van der Waals surface area contributed by atoms with E-state index in [2.05, 4.69) is 31.1 Å². The van der Waals surface area contributed by atoms with Gasteiger partial charge in [-0.3, -0.25) is 4.79 Å². The summed E-state index contributed by atoms with van der Waals surface area (Å²) in [6.45, 7) is 2.12. The molecule has 1 unspecified atom stereocenters. The number of carbonyl (C=O) groups excluding carboxylic acids is 1. The lowest BCUT2D eigenvalue weighted by Gasteiger charge is -2.18. The summed E-state index contributed by atoms with van der Waals surface area (Å²) in [6.07, 6.45) is 6.10. The topological polar surface area (TPSA) is 29.1 Å². The van der Waals surface area contributed by atoms with Crippen LogP contribution >= 0.6 is 24.4 Å². The van der Waals surface area contributed by atoms with E-state index in [1.807, 2.05) is 0 Å². The number of hydrogen-bond donors (Lipinski definition) is 2. The van der Waals surface area contributed by atoms with Crippen LogP contribution in [0.5, 0.6) is 0 Å². The minimum atomic E-state index is 0.211. The average Bonchev–Trinajstić information content (AvgIpc) is 2.97. The van der Waals surface area contributed by atoms with Gasteiger partial charge in [-0.25, -0.2) is 0 Å². The Morgan fingerprint density at radius 2 is 2.27 bits per heavy atom. The maximum atomic E-state index is 11.7. The van der Waals surface area contributed by atoms with Crippen molar-refractivity contribution in [1.82, 2.24) is 5.32 Å². The Morgan fingerprint density at radius 3 is 2.67 bits per heavy atom. The summed E-state index contributed by atoms with van der Waals surface area (Å²) in [5.41, 5.74) is 0.241. The molecule has 1 fully saturated rings. The molecule has 0 aliphatic heterocycles. The molecule has 1 rings (SSSR count). The van der Waals surface area contributed by atoms with Gasteiger partial charge in [-0.2, -0.15) is 24.4 Å². The van der Waals surface area contributed by atoms with Crippen molar-refractivity contribution in [2.45, 2.75) is 38.6 Å². The van der Waals surface area contributed by atoms with E-state index in [0.717, 1.165) is 17.9 Å². The summed E-state index contributed by atoms with van der Waals surface area (Å²) < 4.78 is 0. The zero-order valence-corrected chi connectivity index (χ0v) is 11.3. The first-order chi connectivity index (χ1) is 7.15. The van der Waals surface area contributed by atoms with Crippen LogP contribution in [0.3, 0.4) is 0 Å². The van der Waals surface area contributed by atoms with Gasteiger partial charge < -0.3 is 5.32 Å². The van der Waals surface area contributed by atoms with Crippen LogP contribution in [0.15, 0.2) is 0 Å². The highest BCUT2D eigenvalue weighted by atomic mass is 32.2. The van der Waals surface area contributed by atoms with Gasteiger partial charge in [0.15, 0.2) is 0 Å². The monoisotopic (exact) mass is 247 g/mol. The molecule has 0 saturated heterocycles. The Hall–Kier alpha value is 0.170. The number of amides is 1. The standard InChI is InChI=1S/C11H21NOS2/c1-3-9(7-15-2)12-10(13)6-11(8-14)4-5-11/h9,14H,3-8H2,1-2H3,(H,12,13). The first kappa shape index (κ1) is 13.2. The van der Waals surface area contributed by atoms with Crippen LogP contribution in [0.4, 0.5) is 0 Å². The second-order valence-corrected chi connectivity index (χ2v) is 5.69. The zero-order valence-electron chi connectivity index (χ0n) is 9.58. The van der Waals surface area contributed by atoms with Crippen LogP contribution in [0.1, 0.15) is 32.6 Å². The highest BCUT2D eigenvalue weighted by molar-refractivity contribution is 7.98. The van der Waals surface area contributed by atoms with Crippen LogP contribution in [-0.2, 0) is 4.79 Å². The van der Waals surface area contributed by atoms with Gasteiger partial charge in [-0.1, -0.05) is 6.92 Å². The van der Waals surface area contributed by atoms with Crippen molar-refractivity contribution < 1.29 is 4.79 Å². The number of carbonyl (C=O) groups is 1. The summed E-state index contributed by atoms with van der Waals surface area (Å²) in [5, 5.41) is 3.10. The van der Waals surface area contributed by atoms with E-state index in [9.17, 15) is 4.79 Å². The third kappa shape index (κ3) is 4.27. The maximum Gasteiger partial charge on any atom is 0.220 e. The van der Waals surface area contributed by atoms with Crippen molar-refractivity contribution in [1.29, 1.82) is 0 Å². The van der Waals surface area contributed by atoms with Crippen molar-refractivity contribution in [3.05, 3.63) is 0 Å². The minimum absolute atomic E-state index is 0.211. The summed E-state index contributed by atoms with van der Waals surface area (Å²) in [4.78, 5) is 11.7. The number of thiol groups is 1. The highest BCUT2D eigenvalue weighted by Gasteiger charge is 2.42. The second kappa shape index (κ2) is 6.04. The molecule has 1 saturated carbocycles. The molecule has 1 aliphatic rings. The Balaban J connectivity index is 2.28. The van der Waals surface area contributed by atoms with Gasteiger partial charge in [0.2, 0.25) is 5.91 Å². The summed E-state index contributed by atoms with van der Waals surface area (Å²) in [6, 6.07) is 0.336. The Morgan fingerprint density at radius 1 is 1.60 bits per heavy atom. The van der Waals surface area contributed by atoms with Gasteiger partial charge >= 0.3 is 0 Å². The Labute approximate surface area is 102 Å². The number of nitrogens with one attached hydrogen (secondary N) is 1. The molecule has 0 aromatic carbocycles. The molecule has 15 heavy (non-hydrogen) atoms. The fraction of sp³-hybridized carbons (Fsp3) is 0.909. The summed E-state index contributed by atoms with van der Waals surface area (Å²) in [5.74, 6) is 2.07. The highest BCUT2D eigenvalue weighted by Crippen LogP contribution is 2.49. The van der Waals surface area contributed by atoms with Crippen LogP contribution in [-0.4, -0.2) is 29.7 Å². The van der Waals surface area contributed by atoms with E-state index in [4.69, 9.17) is 0 Å². The molecule has 1 amide bonds. The molecule has 88 valence electrons.